The van der Waals surface area contributed by atoms with Crippen molar-refractivity contribution in [2.24, 2.45) is 11.1 Å². The third-order valence-corrected chi connectivity index (χ3v) is 4.90. The maximum atomic E-state index is 6.20. The van der Waals surface area contributed by atoms with Gasteiger partial charge in [0.2, 0.25) is 0 Å². The van der Waals surface area contributed by atoms with Crippen LogP contribution in [0.2, 0.25) is 5.02 Å². The van der Waals surface area contributed by atoms with E-state index in [4.69, 9.17) is 22.1 Å². The van der Waals surface area contributed by atoms with Crippen molar-refractivity contribution < 1.29 is 4.74 Å². The second-order valence-electron chi connectivity index (χ2n) is 6.88. The number of halogens is 1. The lowest BCUT2D eigenvalue weighted by Crippen LogP contribution is -2.31. The fourth-order valence-electron chi connectivity index (χ4n) is 3.13. The lowest BCUT2D eigenvalue weighted by atomic mass is 9.90. The Kier molecular flexibility index (Phi) is 5.39. The first-order valence-corrected chi connectivity index (χ1v) is 8.68. The molecule has 1 atom stereocenters. The maximum absolute atomic E-state index is 6.20. The molecule has 1 aliphatic rings. The quantitative estimate of drug-likeness (QED) is 0.870. The summed E-state index contributed by atoms with van der Waals surface area (Å²) in [5, 5.41) is 0.736. The highest BCUT2D eigenvalue weighted by Gasteiger charge is 2.32. The van der Waals surface area contributed by atoms with Crippen LogP contribution < -0.4 is 10.5 Å². The Labute approximate surface area is 148 Å². The molecular formula is C19H24ClN3O. The van der Waals surface area contributed by atoms with Gasteiger partial charge in [-0.25, -0.2) is 0 Å². The van der Waals surface area contributed by atoms with Gasteiger partial charge in [-0.3, -0.25) is 9.88 Å². The first-order valence-electron chi connectivity index (χ1n) is 8.30. The molecule has 0 amide bonds. The molecule has 0 radical (unpaired) electrons. The second kappa shape index (κ2) is 7.51. The molecule has 0 saturated carbocycles. The number of nitrogens with zero attached hydrogens (tertiary/aromatic N) is 2. The van der Waals surface area contributed by atoms with Crippen molar-refractivity contribution in [1.82, 2.24) is 9.88 Å². The summed E-state index contributed by atoms with van der Waals surface area (Å²) in [7, 11) is 0. The Balaban J connectivity index is 1.69. The standard InChI is InChI=1S/C19H24ClN3O/c1-19(13-21)6-8-23(14-19)11-16-9-17(20)4-5-18(16)24-12-15-3-2-7-22-10-15/h2-5,7,9-10H,6,8,11-14,21H2,1H3. The Morgan fingerprint density at radius 1 is 1.38 bits per heavy atom. The van der Waals surface area contributed by atoms with Gasteiger partial charge >= 0.3 is 0 Å². The Bertz CT molecular complexity index is 680. The summed E-state index contributed by atoms with van der Waals surface area (Å²) in [4.78, 5) is 6.55. The van der Waals surface area contributed by atoms with Gasteiger partial charge in [0.1, 0.15) is 12.4 Å². The number of pyridine rings is 1. The fraction of sp³-hybridized carbons (Fsp3) is 0.421. The molecule has 1 saturated heterocycles. The normalized spacial score (nSPS) is 21.1. The molecule has 1 aromatic carbocycles. The van der Waals surface area contributed by atoms with E-state index in [-0.39, 0.29) is 5.41 Å². The van der Waals surface area contributed by atoms with E-state index in [1.54, 1.807) is 6.20 Å². The molecule has 2 aromatic rings. The minimum absolute atomic E-state index is 0.218. The number of likely N-dealkylation sites (tertiary alicyclic amines) is 1. The molecule has 5 heteroatoms. The van der Waals surface area contributed by atoms with Crippen molar-refractivity contribution >= 4 is 11.6 Å². The number of nitrogens with two attached hydrogens (primary N) is 1. The molecule has 1 unspecified atom stereocenters. The molecular weight excluding hydrogens is 322 g/mol. The van der Waals surface area contributed by atoms with Crippen LogP contribution in [-0.4, -0.2) is 29.5 Å². The predicted octanol–water partition coefficient (Wildman–Crippen LogP) is 3.48. The van der Waals surface area contributed by atoms with Gasteiger partial charge in [-0.1, -0.05) is 24.6 Å². The zero-order valence-corrected chi connectivity index (χ0v) is 14.8. The Morgan fingerprint density at radius 2 is 2.25 bits per heavy atom. The van der Waals surface area contributed by atoms with E-state index < -0.39 is 0 Å². The van der Waals surface area contributed by atoms with Crippen molar-refractivity contribution in [3.63, 3.8) is 0 Å². The predicted molar refractivity (Wildman–Crippen MR) is 97.1 cm³/mol. The van der Waals surface area contributed by atoms with Gasteiger partial charge in [0.05, 0.1) is 0 Å². The average molecular weight is 346 g/mol. The minimum Gasteiger partial charge on any atom is -0.489 e. The largest absolute Gasteiger partial charge is 0.489 e. The Morgan fingerprint density at radius 3 is 2.96 bits per heavy atom. The molecule has 0 bridgehead atoms. The van der Waals surface area contributed by atoms with Crippen LogP contribution in [0.5, 0.6) is 5.75 Å². The SMILES string of the molecule is CC1(CN)CCN(Cc2cc(Cl)ccc2OCc2cccnc2)C1. The lowest BCUT2D eigenvalue weighted by molar-refractivity contribution is 0.262. The highest BCUT2D eigenvalue weighted by Crippen LogP contribution is 2.32. The smallest absolute Gasteiger partial charge is 0.124 e. The van der Waals surface area contributed by atoms with Crippen LogP contribution in [0.4, 0.5) is 0 Å². The summed E-state index contributed by atoms with van der Waals surface area (Å²) in [5.74, 6) is 0.879. The molecule has 1 aromatic heterocycles. The number of benzene rings is 1. The molecule has 128 valence electrons. The third kappa shape index (κ3) is 4.26. The van der Waals surface area contributed by atoms with Crippen LogP contribution in [0, 0.1) is 5.41 Å². The van der Waals surface area contributed by atoms with E-state index in [1.807, 2.05) is 36.5 Å². The molecule has 2 N–H and O–H groups in total. The molecule has 24 heavy (non-hydrogen) atoms. The van der Waals surface area contributed by atoms with Gasteiger partial charge in [-0.2, -0.15) is 0 Å². The van der Waals surface area contributed by atoms with E-state index in [9.17, 15) is 0 Å². The minimum atomic E-state index is 0.218. The summed E-state index contributed by atoms with van der Waals surface area (Å²) < 4.78 is 6.02. The third-order valence-electron chi connectivity index (χ3n) is 4.66. The fourth-order valence-corrected chi connectivity index (χ4v) is 3.32. The van der Waals surface area contributed by atoms with Crippen LogP contribution in [0.15, 0.2) is 42.7 Å². The van der Waals surface area contributed by atoms with Crippen molar-refractivity contribution in [1.29, 1.82) is 0 Å². The average Bonchev–Trinajstić information content (AvgIpc) is 2.97. The van der Waals surface area contributed by atoms with Gasteiger partial charge in [-0.15, -0.1) is 0 Å². The van der Waals surface area contributed by atoms with Crippen molar-refractivity contribution in [2.45, 2.75) is 26.5 Å². The van der Waals surface area contributed by atoms with Crippen LogP contribution in [0.25, 0.3) is 0 Å². The number of rotatable bonds is 6. The van der Waals surface area contributed by atoms with Crippen LogP contribution in [0.3, 0.4) is 0 Å². The van der Waals surface area contributed by atoms with Gasteiger partial charge in [0, 0.05) is 41.6 Å². The molecule has 2 heterocycles. The molecule has 1 aliphatic heterocycles. The van der Waals surface area contributed by atoms with Crippen LogP contribution in [0.1, 0.15) is 24.5 Å². The lowest BCUT2D eigenvalue weighted by Gasteiger charge is -2.23. The molecule has 0 aliphatic carbocycles. The molecule has 0 spiro atoms. The van der Waals surface area contributed by atoms with E-state index in [2.05, 4.69) is 16.8 Å². The summed E-state index contributed by atoms with van der Waals surface area (Å²) >= 11 is 6.20. The van der Waals surface area contributed by atoms with Gasteiger partial charge in [0.25, 0.3) is 0 Å². The maximum Gasteiger partial charge on any atom is 0.124 e. The summed E-state index contributed by atoms with van der Waals surface area (Å²) in [6, 6.07) is 9.75. The van der Waals surface area contributed by atoms with E-state index in [0.717, 1.165) is 54.5 Å². The molecule has 1 fully saturated rings. The summed E-state index contributed by atoms with van der Waals surface area (Å²) in [6.07, 6.45) is 4.72. The first-order chi connectivity index (χ1) is 11.6. The number of hydrogen-bond donors (Lipinski definition) is 1. The van der Waals surface area contributed by atoms with Crippen LogP contribution in [-0.2, 0) is 13.2 Å². The number of aromatic nitrogens is 1. The Hall–Kier alpha value is -1.62. The van der Waals surface area contributed by atoms with E-state index in [1.165, 1.54) is 0 Å². The van der Waals surface area contributed by atoms with E-state index in [0.29, 0.717) is 6.61 Å². The van der Waals surface area contributed by atoms with Gasteiger partial charge in [-0.05, 0) is 49.2 Å². The van der Waals surface area contributed by atoms with Crippen molar-refractivity contribution in [3.05, 3.63) is 58.9 Å². The van der Waals surface area contributed by atoms with Gasteiger partial charge in [0.15, 0.2) is 0 Å². The van der Waals surface area contributed by atoms with Crippen LogP contribution >= 0.6 is 11.6 Å². The topological polar surface area (TPSA) is 51.4 Å². The zero-order valence-electron chi connectivity index (χ0n) is 14.0. The summed E-state index contributed by atoms with van der Waals surface area (Å²) in [5.41, 5.74) is 8.30. The monoisotopic (exact) mass is 345 g/mol. The second-order valence-corrected chi connectivity index (χ2v) is 7.31. The molecule has 3 rings (SSSR count). The van der Waals surface area contributed by atoms with Crippen molar-refractivity contribution in [3.8, 4) is 5.75 Å². The van der Waals surface area contributed by atoms with Crippen molar-refractivity contribution in [2.75, 3.05) is 19.6 Å². The summed E-state index contributed by atoms with van der Waals surface area (Å²) in [6.45, 7) is 6.38. The first kappa shape index (κ1) is 17.2. The van der Waals surface area contributed by atoms with E-state index >= 15 is 0 Å². The zero-order chi connectivity index (χ0) is 17.0. The highest BCUT2D eigenvalue weighted by atomic mass is 35.5. The van der Waals surface area contributed by atoms with Gasteiger partial charge < -0.3 is 10.5 Å². The number of ether oxygens (including phenoxy) is 1. The molecule has 4 nitrogen and oxygen atoms in total. The number of hydrogen-bond acceptors (Lipinski definition) is 4. The highest BCUT2D eigenvalue weighted by molar-refractivity contribution is 6.30.